The minimum atomic E-state index is -0.353. The first-order chi connectivity index (χ1) is 20.3. The third-order valence-electron chi connectivity index (χ3n) is 7.21. The van der Waals surface area contributed by atoms with E-state index in [1.807, 2.05) is 72.8 Å². The van der Waals surface area contributed by atoms with Crippen LogP contribution >= 0.6 is 0 Å². The Morgan fingerprint density at radius 1 is 0.857 bits per heavy atom. The number of carbonyl (C=O) groups is 1. The van der Waals surface area contributed by atoms with Crippen molar-refractivity contribution in [1.29, 1.82) is 0 Å². The lowest BCUT2D eigenvalue weighted by Gasteiger charge is -2.14. The van der Waals surface area contributed by atoms with E-state index >= 15 is 0 Å². The molecule has 0 saturated carbocycles. The highest BCUT2D eigenvalue weighted by Crippen LogP contribution is 2.29. The Labute approximate surface area is 242 Å². The van der Waals surface area contributed by atoms with Gasteiger partial charge in [0.05, 0.1) is 23.3 Å². The number of carbonyl (C=O) groups excluding carboxylic acids is 1. The number of hydrogen-bond donors (Lipinski definition) is 3. The SMILES string of the molecule is CC(C)(C)c1cc(NC(=O)Nc2ccc(CCc3ccnc4[nH]c(=O)cnc34)c3ccccc23)n(-c2ccccc2)n1. The predicted octanol–water partition coefficient (Wildman–Crippen LogP) is 6.38. The Morgan fingerprint density at radius 2 is 1.60 bits per heavy atom. The second-order valence-corrected chi connectivity index (χ2v) is 11.2. The number of hydrogen-bond acceptors (Lipinski definition) is 5. The van der Waals surface area contributed by atoms with Gasteiger partial charge < -0.3 is 10.3 Å². The van der Waals surface area contributed by atoms with Crippen molar-refractivity contribution in [2.75, 3.05) is 10.6 Å². The van der Waals surface area contributed by atoms with E-state index in [9.17, 15) is 9.59 Å². The van der Waals surface area contributed by atoms with Crippen LogP contribution < -0.4 is 16.2 Å². The van der Waals surface area contributed by atoms with Gasteiger partial charge in [-0.2, -0.15) is 5.10 Å². The second kappa shape index (κ2) is 10.9. The lowest BCUT2D eigenvalue weighted by Crippen LogP contribution is -2.21. The van der Waals surface area contributed by atoms with E-state index in [0.29, 0.717) is 22.7 Å². The third-order valence-corrected chi connectivity index (χ3v) is 7.21. The van der Waals surface area contributed by atoms with Crippen molar-refractivity contribution in [2.24, 2.45) is 0 Å². The molecule has 3 N–H and O–H groups in total. The molecule has 3 aromatic heterocycles. The molecule has 0 bridgehead atoms. The van der Waals surface area contributed by atoms with E-state index in [-0.39, 0.29) is 17.0 Å². The van der Waals surface area contributed by atoms with Crippen LogP contribution in [0.5, 0.6) is 0 Å². The quantitative estimate of drug-likeness (QED) is 0.220. The number of nitrogens with one attached hydrogen (secondary N) is 3. The number of rotatable bonds is 6. The first kappa shape index (κ1) is 26.9. The molecule has 2 amide bonds. The average Bonchev–Trinajstić information content (AvgIpc) is 3.41. The van der Waals surface area contributed by atoms with Crippen LogP contribution in [-0.4, -0.2) is 30.8 Å². The van der Waals surface area contributed by atoms with E-state index in [2.05, 4.69) is 52.4 Å². The molecule has 3 heterocycles. The number of nitrogens with zero attached hydrogens (tertiary/aromatic N) is 4. The lowest BCUT2D eigenvalue weighted by molar-refractivity contribution is 0.262. The first-order valence-electron chi connectivity index (χ1n) is 13.8. The lowest BCUT2D eigenvalue weighted by atomic mass is 9.92. The van der Waals surface area contributed by atoms with Gasteiger partial charge in [-0.3, -0.25) is 10.1 Å². The molecule has 0 spiro atoms. The van der Waals surface area contributed by atoms with Crippen LogP contribution in [0.2, 0.25) is 0 Å². The normalized spacial score (nSPS) is 11.6. The van der Waals surface area contributed by atoms with Crippen LogP contribution in [0.4, 0.5) is 16.3 Å². The zero-order chi connectivity index (χ0) is 29.3. The number of urea groups is 1. The zero-order valence-corrected chi connectivity index (χ0v) is 23.7. The smallest absolute Gasteiger partial charge is 0.307 e. The summed E-state index contributed by atoms with van der Waals surface area (Å²) >= 11 is 0. The van der Waals surface area contributed by atoms with Crippen molar-refractivity contribution >= 4 is 39.5 Å². The van der Waals surface area contributed by atoms with Crippen LogP contribution in [-0.2, 0) is 18.3 Å². The van der Waals surface area contributed by atoms with Gasteiger partial charge in [0.25, 0.3) is 5.56 Å². The van der Waals surface area contributed by atoms with E-state index in [1.54, 1.807) is 10.9 Å². The molecule has 210 valence electrons. The number of anilines is 2. The molecule has 0 atom stereocenters. The summed E-state index contributed by atoms with van der Waals surface area (Å²) in [5.74, 6) is 0.587. The predicted molar refractivity (Wildman–Crippen MR) is 166 cm³/mol. The van der Waals surface area contributed by atoms with Gasteiger partial charge in [-0.05, 0) is 53.6 Å². The molecule has 6 rings (SSSR count). The van der Waals surface area contributed by atoms with Gasteiger partial charge in [0.1, 0.15) is 11.3 Å². The molecule has 3 aromatic carbocycles. The Bertz CT molecular complexity index is 1970. The minimum absolute atomic E-state index is 0.186. The molecular weight excluding hydrogens is 526 g/mol. The molecule has 9 heteroatoms. The summed E-state index contributed by atoms with van der Waals surface area (Å²) in [5, 5.41) is 12.8. The Kier molecular flexibility index (Phi) is 7.00. The number of amides is 2. The van der Waals surface area contributed by atoms with Crippen molar-refractivity contribution in [1.82, 2.24) is 24.7 Å². The van der Waals surface area contributed by atoms with Crippen LogP contribution in [0.3, 0.4) is 0 Å². The Morgan fingerprint density at radius 3 is 2.38 bits per heavy atom. The Hall–Kier alpha value is -5.31. The van der Waals surface area contributed by atoms with Crippen molar-refractivity contribution in [2.45, 2.75) is 39.0 Å². The van der Waals surface area contributed by atoms with Crippen LogP contribution in [0, 0.1) is 0 Å². The summed E-state index contributed by atoms with van der Waals surface area (Å²) in [6, 6.07) is 25.3. The van der Waals surface area contributed by atoms with Gasteiger partial charge in [0, 0.05) is 23.1 Å². The average molecular weight is 558 g/mol. The van der Waals surface area contributed by atoms with E-state index in [1.165, 1.54) is 6.20 Å². The van der Waals surface area contributed by atoms with Crippen molar-refractivity contribution in [3.8, 4) is 5.69 Å². The monoisotopic (exact) mass is 557 g/mol. The largest absolute Gasteiger partial charge is 0.324 e. The fourth-order valence-corrected chi connectivity index (χ4v) is 5.03. The molecule has 0 radical (unpaired) electrons. The minimum Gasteiger partial charge on any atom is -0.307 e. The molecule has 0 unspecified atom stereocenters. The van der Waals surface area contributed by atoms with Gasteiger partial charge in [0.2, 0.25) is 0 Å². The van der Waals surface area contributed by atoms with Gasteiger partial charge in [-0.25, -0.2) is 19.4 Å². The number of aromatic amines is 1. The maximum atomic E-state index is 13.3. The summed E-state index contributed by atoms with van der Waals surface area (Å²) < 4.78 is 1.76. The first-order valence-corrected chi connectivity index (χ1v) is 13.8. The zero-order valence-electron chi connectivity index (χ0n) is 23.7. The summed E-state index contributed by atoms with van der Waals surface area (Å²) in [6.07, 6.45) is 4.44. The molecular formula is C33H31N7O2. The number of aryl methyl sites for hydroxylation is 2. The van der Waals surface area contributed by atoms with Crippen molar-refractivity contribution in [3.63, 3.8) is 0 Å². The molecule has 0 saturated heterocycles. The summed E-state index contributed by atoms with van der Waals surface area (Å²) in [4.78, 5) is 36.3. The highest BCUT2D eigenvalue weighted by Gasteiger charge is 2.22. The third kappa shape index (κ3) is 5.49. The molecule has 0 aliphatic heterocycles. The van der Waals surface area contributed by atoms with E-state index in [4.69, 9.17) is 5.10 Å². The number of para-hydroxylation sites is 1. The topological polar surface area (TPSA) is 118 Å². The van der Waals surface area contributed by atoms with Gasteiger partial charge in [0.15, 0.2) is 5.65 Å². The van der Waals surface area contributed by atoms with Gasteiger partial charge in [-0.15, -0.1) is 0 Å². The maximum Gasteiger partial charge on any atom is 0.324 e. The Balaban J connectivity index is 1.25. The van der Waals surface area contributed by atoms with E-state index < -0.39 is 0 Å². The fraction of sp³-hybridized carbons (Fsp3) is 0.182. The highest BCUT2D eigenvalue weighted by atomic mass is 16.2. The van der Waals surface area contributed by atoms with Crippen LogP contribution in [0.25, 0.3) is 27.6 Å². The highest BCUT2D eigenvalue weighted by molar-refractivity contribution is 6.06. The van der Waals surface area contributed by atoms with Gasteiger partial charge >= 0.3 is 6.03 Å². The van der Waals surface area contributed by atoms with Crippen molar-refractivity contribution < 1.29 is 4.79 Å². The molecule has 0 fully saturated rings. The number of pyridine rings is 1. The van der Waals surface area contributed by atoms with Crippen molar-refractivity contribution in [3.05, 3.63) is 118 Å². The van der Waals surface area contributed by atoms with Crippen LogP contribution in [0.1, 0.15) is 37.6 Å². The standard InChI is InChI=1S/C33H31N7O2/c1-33(2,3)27-19-28(40(39-27)23-9-5-4-6-10-23)37-32(42)36-26-16-15-21(24-11-7-8-12-25(24)26)13-14-22-17-18-34-31-30(22)35-20-29(41)38-31/h4-12,15-20H,13-14H2,1-3H3,(H,34,38,41)(H2,36,37,42). The molecule has 0 aliphatic carbocycles. The summed E-state index contributed by atoms with van der Waals surface area (Å²) in [7, 11) is 0. The molecule has 9 nitrogen and oxygen atoms in total. The number of aromatic nitrogens is 5. The van der Waals surface area contributed by atoms with E-state index in [0.717, 1.165) is 46.1 Å². The fourth-order valence-electron chi connectivity index (χ4n) is 5.03. The molecule has 6 aromatic rings. The molecule has 42 heavy (non-hydrogen) atoms. The number of benzene rings is 3. The maximum absolute atomic E-state index is 13.3. The van der Waals surface area contributed by atoms with Gasteiger partial charge in [-0.1, -0.05) is 69.3 Å². The number of fused-ring (bicyclic) bond motifs is 2. The summed E-state index contributed by atoms with van der Waals surface area (Å²) in [5.41, 5.74) is 5.32. The second-order valence-electron chi connectivity index (χ2n) is 11.2. The number of H-pyrrole nitrogens is 1. The summed E-state index contributed by atoms with van der Waals surface area (Å²) in [6.45, 7) is 6.28. The van der Waals surface area contributed by atoms with Crippen LogP contribution in [0.15, 0.2) is 96.1 Å². The molecule has 0 aliphatic rings.